The predicted octanol–water partition coefficient (Wildman–Crippen LogP) is 0.989. The summed E-state index contributed by atoms with van der Waals surface area (Å²) in [4.78, 5) is 12.8. The van der Waals surface area contributed by atoms with Gasteiger partial charge in [-0.05, 0) is 43.0 Å². The van der Waals surface area contributed by atoms with Crippen LogP contribution < -0.4 is 20.1 Å². The molecule has 6 heteroatoms. The summed E-state index contributed by atoms with van der Waals surface area (Å²) in [5.41, 5.74) is 0.676. The van der Waals surface area contributed by atoms with Gasteiger partial charge < -0.3 is 24.8 Å². The smallest absolute Gasteiger partial charge is 0.230 e. The van der Waals surface area contributed by atoms with E-state index in [1.807, 2.05) is 18.2 Å². The van der Waals surface area contributed by atoms with E-state index in [2.05, 4.69) is 10.6 Å². The van der Waals surface area contributed by atoms with Crippen LogP contribution in [0.1, 0.15) is 12.0 Å². The van der Waals surface area contributed by atoms with Crippen LogP contribution in [-0.4, -0.2) is 53.0 Å². The summed E-state index contributed by atoms with van der Waals surface area (Å²) < 4.78 is 16.2. The number of benzene rings is 1. The third kappa shape index (κ3) is 3.35. The normalized spacial score (nSPS) is 25.8. The van der Waals surface area contributed by atoms with Gasteiger partial charge in [-0.25, -0.2) is 0 Å². The van der Waals surface area contributed by atoms with E-state index in [-0.39, 0.29) is 5.91 Å². The van der Waals surface area contributed by atoms with Crippen LogP contribution in [0, 0.1) is 11.3 Å². The van der Waals surface area contributed by atoms with Crippen LogP contribution in [0.4, 0.5) is 0 Å². The summed E-state index contributed by atoms with van der Waals surface area (Å²) in [6.07, 6.45) is 1.68. The number of ether oxygens (including phenoxy) is 3. The molecule has 0 aromatic heterocycles. The van der Waals surface area contributed by atoms with Crippen molar-refractivity contribution in [1.82, 2.24) is 10.6 Å². The zero-order valence-electron chi connectivity index (χ0n) is 14.4. The van der Waals surface area contributed by atoms with Crippen molar-refractivity contribution in [3.63, 3.8) is 0 Å². The molecular weight excluding hydrogens is 308 g/mol. The highest BCUT2D eigenvalue weighted by molar-refractivity contribution is 5.84. The van der Waals surface area contributed by atoms with Crippen LogP contribution in [0.5, 0.6) is 11.5 Å². The number of carbonyl (C=O) groups excluding carboxylic acids is 1. The van der Waals surface area contributed by atoms with Gasteiger partial charge in [-0.2, -0.15) is 0 Å². The highest BCUT2D eigenvalue weighted by Gasteiger charge is 2.50. The van der Waals surface area contributed by atoms with Crippen LogP contribution in [0.15, 0.2) is 18.2 Å². The maximum atomic E-state index is 12.8. The second kappa shape index (κ2) is 7.40. The molecule has 1 aromatic carbocycles. The fraction of sp³-hybridized carbons (Fsp3) is 0.611. The lowest BCUT2D eigenvalue weighted by molar-refractivity contribution is -0.141. The van der Waals surface area contributed by atoms with Crippen LogP contribution in [-0.2, 0) is 16.0 Å². The molecule has 2 aliphatic rings. The van der Waals surface area contributed by atoms with E-state index in [4.69, 9.17) is 14.2 Å². The van der Waals surface area contributed by atoms with Crippen molar-refractivity contribution in [3.05, 3.63) is 23.8 Å². The average molecular weight is 334 g/mol. The molecule has 2 fully saturated rings. The van der Waals surface area contributed by atoms with Crippen molar-refractivity contribution in [3.8, 4) is 11.5 Å². The van der Waals surface area contributed by atoms with Gasteiger partial charge in [0.1, 0.15) is 11.5 Å². The minimum absolute atomic E-state index is 0.104. The van der Waals surface area contributed by atoms with Crippen molar-refractivity contribution in [2.75, 3.05) is 47.1 Å². The zero-order chi connectivity index (χ0) is 17.0. The van der Waals surface area contributed by atoms with Gasteiger partial charge in [-0.1, -0.05) is 0 Å². The largest absolute Gasteiger partial charge is 0.497 e. The molecule has 3 rings (SSSR count). The van der Waals surface area contributed by atoms with E-state index >= 15 is 0 Å². The molecule has 0 radical (unpaired) electrons. The third-order valence-corrected chi connectivity index (χ3v) is 5.15. The standard InChI is InChI=1S/C18H26N2O4/c1-22-15-7-13(8-16(9-15)23-2)3-5-20-17(21)18-11-19-10-14(18)4-6-24-12-18/h7-9,14,19H,3-6,10-12H2,1-2H3,(H,20,21)/t14-,18+/m1/s1. The van der Waals surface area contributed by atoms with E-state index in [1.165, 1.54) is 0 Å². The van der Waals surface area contributed by atoms with Crippen LogP contribution in [0.25, 0.3) is 0 Å². The molecule has 24 heavy (non-hydrogen) atoms. The Bertz CT molecular complexity index is 570. The molecule has 2 saturated heterocycles. The van der Waals surface area contributed by atoms with E-state index in [0.717, 1.165) is 43.1 Å². The second-order valence-corrected chi connectivity index (χ2v) is 6.55. The number of carbonyl (C=O) groups is 1. The summed E-state index contributed by atoms with van der Waals surface area (Å²) in [7, 11) is 3.27. The molecule has 2 heterocycles. The molecule has 6 nitrogen and oxygen atoms in total. The maximum Gasteiger partial charge on any atom is 0.230 e. The van der Waals surface area contributed by atoms with E-state index in [1.54, 1.807) is 14.2 Å². The molecule has 2 atom stereocenters. The Morgan fingerprint density at radius 2 is 2.08 bits per heavy atom. The average Bonchev–Trinajstić information content (AvgIpc) is 3.06. The van der Waals surface area contributed by atoms with Crippen molar-refractivity contribution in [1.29, 1.82) is 0 Å². The van der Waals surface area contributed by atoms with Crippen LogP contribution in [0.3, 0.4) is 0 Å². The third-order valence-electron chi connectivity index (χ3n) is 5.15. The molecular formula is C18H26N2O4. The number of hydrogen-bond donors (Lipinski definition) is 2. The fourth-order valence-electron chi connectivity index (χ4n) is 3.67. The first kappa shape index (κ1) is 17.0. The number of fused-ring (bicyclic) bond motifs is 1. The minimum Gasteiger partial charge on any atom is -0.497 e. The number of nitrogens with one attached hydrogen (secondary N) is 2. The lowest BCUT2D eigenvalue weighted by Crippen LogP contribution is -2.52. The van der Waals surface area contributed by atoms with Crippen molar-refractivity contribution in [2.24, 2.45) is 11.3 Å². The molecule has 2 N–H and O–H groups in total. The van der Waals surface area contributed by atoms with Crippen molar-refractivity contribution >= 4 is 5.91 Å². The predicted molar refractivity (Wildman–Crippen MR) is 90.5 cm³/mol. The number of rotatable bonds is 6. The first-order chi connectivity index (χ1) is 11.7. The van der Waals surface area contributed by atoms with E-state index in [9.17, 15) is 4.79 Å². The zero-order valence-corrected chi connectivity index (χ0v) is 14.4. The Kier molecular flexibility index (Phi) is 5.26. The number of hydrogen-bond acceptors (Lipinski definition) is 5. The minimum atomic E-state index is -0.398. The van der Waals surface area contributed by atoms with E-state index < -0.39 is 5.41 Å². The Morgan fingerprint density at radius 1 is 1.33 bits per heavy atom. The first-order valence-electron chi connectivity index (χ1n) is 8.46. The topological polar surface area (TPSA) is 68.8 Å². The van der Waals surface area contributed by atoms with Gasteiger partial charge in [0.15, 0.2) is 0 Å². The van der Waals surface area contributed by atoms with E-state index in [0.29, 0.717) is 25.6 Å². The molecule has 1 aromatic rings. The molecule has 0 bridgehead atoms. The van der Waals surface area contributed by atoms with Crippen molar-refractivity contribution < 1.29 is 19.0 Å². The number of methoxy groups -OCH3 is 2. The summed E-state index contributed by atoms with van der Waals surface area (Å²) in [5.74, 6) is 2.00. The molecule has 1 amide bonds. The molecule has 0 spiro atoms. The summed E-state index contributed by atoms with van der Waals surface area (Å²) in [6, 6.07) is 5.78. The van der Waals surface area contributed by atoms with Gasteiger partial charge in [-0.3, -0.25) is 4.79 Å². The quantitative estimate of drug-likeness (QED) is 0.812. The van der Waals surface area contributed by atoms with Crippen molar-refractivity contribution in [2.45, 2.75) is 12.8 Å². The summed E-state index contributed by atoms with van der Waals surface area (Å²) >= 11 is 0. The van der Waals surface area contributed by atoms with Crippen LogP contribution >= 0.6 is 0 Å². The lowest BCUT2D eigenvalue weighted by atomic mass is 9.75. The fourth-order valence-corrected chi connectivity index (χ4v) is 3.67. The molecule has 0 unspecified atom stereocenters. The maximum absolute atomic E-state index is 12.8. The van der Waals surface area contributed by atoms with Gasteiger partial charge in [0, 0.05) is 25.8 Å². The molecule has 2 aliphatic heterocycles. The Balaban J connectivity index is 1.59. The highest BCUT2D eigenvalue weighted by atomic mass is 16.5. The monoisotopic (exact) mass is 334 g/mol. The second-order valence-electron chi connectivity index (χ2n) is 6.55. The SMILES string of the molecule is COc1cc(CCNC(=O)[C@]23CNC[C@H]2CCOC3)cc(OC)c1. The van der Waals surface area contributed by atoms with Gasteiger partial charge >= 0.3 is 0 Å². The summed E-state index contributed by atoms with van der Waals surface area (Å²) in [5, 5.41) is 6.45. The van der Waals surface area contributed by atoms with Gasteiger partial charge in [0.05, 0.1) is 26.2 Å². The molecule has 0 aliphatic carbocycles. The molecule has 0 saturated carbocycles. The summed E-state index contributed by atoms with van der Waals surface area (Å²) in [6.45, 7) is 3.47. The Hall–Kier alpha value is -1.79. The highest BCUT2D eigenvalue weighted by Crippen LogP contribution is 2.37. The van der Waals surface area contributed by atoms with Gasteiger partial charge in [0.25, 0.3) is 0 Å². The Morgan fingerprint density at radius 3 is 2.79 bits per heavy atom. The van der Waals surface area contributed by atoms with Gasteiger partial charge in [-0.15, -0.1) is 0 Å². The lowest BCUT2D eigenvalue weighted by Gasteiger charge is -2.36. The van der Waals surface area contributed by atoms with Gasteiger partial charge in [0.2, 0.25) is 5.91 Å². The first-order valence-corrected chi connectivity index (χ1v) is 8.46. The van der Waals surface area contributed by atoms with Crippen LogP contribution in [0.2, 0.25) is 0 Å². The Labute approximate surface area is 142 Å². The number of amides is 1. The molecule has 132 valence electrons.